The molecule has 0 radical (unpaired) electrons. The molecule has 0 saturated carbocycles. The molecular formula is C12H18ClNO2. The minimum absolute atomic E-state index is 0.0136. The zero-order valence-electron chi connectivity index (χ0n) is 9.66. The van der Waals surface area contributed by atoms with Crippen LogP contribution in [0.15, 0.2) is 18.2 Å². The molecule has 1 rings (SSSR count). The normalized spacial score (nSPS) is 10.8. The third kappa shape index (κ3) is 4.39. The Kier molecular flexibility index (Phi) is 5.60. The van der Waals surface area contributed by atoms with Gasteiger partial charge < -0.3 is 15.2 Å². The summed E-state index contributed by atoms with van der Waals surface area (Å²) in [5.74, 6) is 0.770. The second kappa shape index (κ2) is 6.74. The second-order valence-electron chi connectivity index (χ2n) is 3.86. The van der Waals surface area contributed by atoms with Crippen LogP contribution >= 0.6 is 11.6 Å². The molecule has 0 aliphatic carbocycles. The SMILES string of the molecule is CC(C)NCc1cc(Cl)ccc1OCCO. The van der Waals surface area contributed by atoms with Crippen molar-refractivity contribution in [3.05, 3.63) is 28.8 Å². The molecule has 0 spiro atoms. The van der Waals surface area contributed by atoms with Crippen LogP contribution in [0.5, 0.6) is 5.75 Å². The molecule has 2 N–H and O–H groups in total. The lowest BCUT2D eigenvalue weighted by Gasteiger charge is -2.13. The van der Waals surface area contributed by atoms with Gasteiger partial charge in [-0.05, 0) is 18.2 Å². The Hall–Kier alpha value is -0.770. The highest BCUT2D eigenvalue weighted by molar-refractivity contribution is 6.30. The molecule has 4 heteroatoms. The van der Waals surface area contributed by atoms with Gasteiger partial charge in [0.1, 0.15) is 12.4 Å². The van der Waals surface area contributed by atoms with E-state index in [1.807, 2.05) is 12.1 Å². The lowest BCUT2D eigenvalue weighted by atomic mass is 10.2. The number of aliphatic hydroxyl groups excluding tert-OH is 1. The molecule has 1 aromatic carbocycles. The van der Waals surface area contributed by atoms with Crippen LogP contribution in [0.2, 0.25) is 5.02 Å². The van der Waals surface area contributed by atoms with Gasteiger partial charge in [-0.3, -0.25) is 0 Å². The molecular weight excluding hydrogens is 226 g/mol. The molecule has 0 heterocycles. The number of hydrogen-bond acceptors (Lipinski definition) is 3. The van der Waals surface area contributed by atoms with Crippen LogP contribution in [-0.4, -0.2) is 24.4 Å². The van der Waals surface area contributed by atoms with Crippen molar-refractivity contribution in [1.82, 2.24) is 5.32 Å². The first-order valence-corrected chi connectivity index (χ1v) is 5.76. The monoisotopic (exact) mass is 243 g/mol. The largest absolute Gasteiger partial charge is 0.491 e. The Morgan fingerprint density at radius 1 is 1.44 bits per heavy atom. The first-order valence-electron chi connectivity index (χ1n) is 5.39. The molecule has 16 heavy (non-hydrogen) atoms. The Morgan fingerprint density at radius 2 is 2.19 bits per heavy atom. The molecule has 0 aliphatic rings. The van der Waals surface area contributed by atoms with Gasteiger partial charge in [0.05, 0.1) is 6.61 Å². The van der Waals surface area contributed by atoms with Crippen molar-refractivity contribution in [2.45, 2.75) is 26.4 Å². The predicted molar refractivity (Wildman–Crippen MR) is 66.0 cm³/mol. The van der Waals surface area contributed by atoms with Crippen LogP contribution in [0.3, 0.4) is 0 Å². The quantitative estimate of drug-likeness (QED) is 0.805. The van der Waals surface area contributed by atoms with Crippen molar-refractivity contribution >= 4 is 11.6 Å². The summed E-state index contributed by atoms with van der Waals surface area (Å²) in [4.78, 5) is 0. The number of ether oxygens (including phenoxy) is 1. The Labute approximate surface area is 101 Å². The molecule has 0 atom stereocenters. The number of halogens is 1. The summed E-state index contributed by atoms with van der Waals surface area (Å²) in [5.41, 5.74) is 1.01. The van der Waals surface area contributed by atoms with Gasteiger partial charge in [-0.15, -0.1) is 0 Å². The molecule has 0 bridgehead atoms. The van der Waals surface area contributed by atoms with Gasteiger partial charge in [-0.2, -0.15) is 0 Å². The van der Waals surface area contributed by atoms with Crippen LogP contribution in [0, 0.1) is 0 Å². The van der Waals surface area contributed by atoms with E-state index in [9.17, 15) is 0 Å². The lowest BCUT2D eigenvalue weighted by Crippen LogP contribution is -2.22. The Bertz CT molecular complexity index is 329. The van der Waals surface area contributed by atoms with Gasteiger partial charge in [-0.1, -0.05) is 25.4 Å². The standard InChI is InChI=1S/C12H18ClNO2/c1-9(2)14-8-10-7-11(13)3-4-12(10)16-6-5-15/h3-4,7,9,14-15H,5-6,8H2,1-2H3. The van der Waals surface area contributed by atoms with Crippen LogP contribution in [0.4, 0.5) is 0 Å². The minimum atomic E-state index is 0.0136. The molecule has 0 aliphatic heterocycles. The van der Waals surface area contributed by atoms with Crippen molar-refractivity contribution < 1.29 is 9.84 Å². The van der Waals surface area contributed by atoms with E-state index in [4.69, 9.17) is 21.4 Å². The van der Waals surface area contributed by atoms with E-state index in [-0.39, 0.29) is 6.61 Å². The van der Waals surface area contributed by atoms with Crippen molar-refractivity contribution in [3.8, 4) is 5.75 Å². The maximum absolute atomic E-state index is 8.72. The predicted octanol–water partition coefficient (Wildman–Crippen LogP) is 2.21. The van der Waals surface area contributed by atoms with Gasteiger partial charge in [-0.25, -0.2) is 0 Å². The van der Waals surface area contributed by atoms with Crippen LogP contribution < -0.4 is 10.1 Å². The highest BCUT2D eigenvalue weighted by Gasteiger charge is 2.05. The van der Waals surface area contributed by atoms with Crippen molar-refractivity contribution in [3.63, 3.8) is 0 Å². The smallest absolute Gasteiger partial charge is 0.124 e. The van der Waals surface area contributed by atoms with E-state index in [2.05, 4.69) is 19.2 Å². The highest BCUT2D eigenvalue weighted by atomic mass is 35.5. The topological polar surface area (TPSA) is 41.5 Å². The van der Waals surface area contributed by atoms with Gasteiger partial charge in [0, 0.05) is 23.2 Å². The first-order chi connectivity index (χ1) is 7.63. The van der Waals surface area contributed by atoms with E-state index in [0.717, 1.165) is 11.3 Å². The lowest BCUT2D eigenvalue weighted by molar-refractivity contribution is 0.200. The number of rotatable bonds is 6. The average molecular weight is 244 g/mol. The van der Waals surface area contributed by atoms with Gasteiger partial charge >= 0.3 is 0 Å². The molecule has 0 unspecified atom stereocenters. The number of aliphatic hydroxyl groups is 1. The second-order valence-corrected chi connectivity index (χ2v) is 4.30. The van der Waals surface area contributed by atoms with Crippen molar-refractivity contribution in [1.29, 1.82) is 0 Å². The van der Waals surface area contributed by atoms with E-state index < -0.39 is 0 Å². The maximum Gasteiger partial charge on any atom is 0.124 e. The van der Waals surface area contributed by atoms with E-state index >= 15 is 0 Å². The molecule has 0 fully saturated rings. The summed E-state index contributed by atoms with van der Waals surface area (Å²) in [5, 5.41) is 12.7. The highest BCUT2D eigenvalue weighted by Crippen LogP contribution is 2.22. The number of nitrogens with one attached hydrogen (secondary N) is 1. The fourth-order valence-corrected chi connectivity index (χ4v) is 1.49. The first kappa shape index (κ1) is 13.3. The zero-order chi connectivity index (χ0) is 12.0. The number of hydrogen-bond donors (Lipinski definition) is 2. The summed E-state index contributed by atoms with van der Waals surface area (Å²) >= 11 is 5.93. The Morgan fingerprint density at radius 3 is 2.81 bits per heavy atom. The van der Waals surface area contributed by atoms with Gasteiger partial charge in [0.2, 0.25) is 0 Å². The summed E-state index contributed by atoms with van der Waals surface area (Å²) in [6.07, 6.45) is 0. The molecule has 1 aromatic rings. The van der Waals surface area contributed by atoms with E-state index in [0.29, 0.717) is 24.2 Å². The van der Waals surface area contributed by atoms with E-state index in [1.54, 1.807) is 6.07 Å². The third-order valence-corrected chi connectivity index (χ3v) is 2.31. The zero-order valence-corrected chi connectivity index (χ0v) is 10.4. The maximum atomic E-state index is 8.72. The van der Waals surface area contributed by atoms with Crippen LogP contribution in [0.1, 0.15) is 19.4 Å². The molecule has 0 saturated heterocycles. The molecule has 3 nitrogen and oxygen atoms in total. The summed E-state index contributed by atoms with van der Waals surface area (Å²) < 4.78 is 5.42. The number of benzene rings is 1. The summed E-state index contributed by atoms with van der Waals surface area (Å²) in [6, 6.07) is 5.90. The van der Waals surface area contributed by atoms with Crippen molar-refractivity contribution in [2.75, 3.05) is 13.2 Å². The van der Waals surface area contributed by atoms with Gasteiger partial charge in [0.15, 0.2) is 0 Å². The van der Waals surface area contributed by atoms with Gasteiger partial charge in [0.25, 0.3) is 0 Å². The van der Waals surface area contributed by atoms with E-state index in [1.165, 1.54) is 0 Å². The average Bonchev–Trinajstić information content (AvgIpc) is 2.25. The minimum Gasteiger partial charge on any atom is -0.491 e. The fourth-order valence-electron chi connectivity index (χ4n) is 1.30. The third-order valence-electron chi connectivity index (χ3n) is 2.07. The fraction of sp³-hybridized carbons (Fsp3) is 0.500. The Balaban J connectivity index is 2.72. The van der Waals surface area contributed by atoms with Crippen molar-refractivity contribution in [2.24, 2.45) is 0 Å². The summed E-state index contributed by atoms with van der Waals surface area (Å²) in [6.45, 7) is 5.19. The molecule has 90 valence electrons. The molecule has 0 amide bonds. The molecule has 0 aromatic heterocycles. The van der Waals surface area contributed by atoms with Crippen LogP contribution in [0.25, 0.3) is 0 Å². The summed E-state index contributed by atoms with van der Waals surface area (Å²) in [7, 11) is 0. The van der Waals surface area contributed by atoms with Crippen LogP contribution in [-0.2, 0) is 6.54 Å².